The Labute approximate surface area is 93.2 Å². The molecular weight excluding hydrogens is 217 g/mol. The number of carboxylic acid groups (broad SMARTS) is 1. The first-order chi connectivity index (χ1) is 7.20. The van der Waals surface area contributed by atoms with E-state index in [0.29, 0.717) is 0 Å². The highest BCUT2D eigenvalue weighted by molar-refractivity contribution is 5.79. The zero-order valence-corrected chi connectivity index (χ0v) is 9.53. The van der Waals surface area contributed by atoms with Crippen LogP contribution in [0.15, 0.2) is 0 Å². The number of ether oxygens (including phenoxy) is 1. The van der Waals surface area contributed by atoms with Gasteiger partial charge in [0.2, 0.25) is 0 Å². The maximum absolute atomic E-state index is 13.0. The van der Waals surface area contributed by atoms with Crippen molar-refractivity contribution < 1.29 is 23.8 Å². The molecule has 16 heavy (non-hydrogen) atoms. The highest BCUT2D eigenvalue weighted by Crippen LogP contribution is 2.22. The summed E-state index contributed by atoms with van der Waals surface area (Å²) in [7, 11) is 0. The van der Waals surface area contributed by atoms with E-state index in [1.165, 1.54) is 0 Å². The predicted molar refractivity (Wildman–Crippen MR) is 51.2 cm³/mol. The molecule has 0 aromatic heterocycles. The van der Waals surface area contributed by atoms with E-state index in [9.17, 15) is 19.1 Å². The summed E-state index contributed by atoms with van der Waals surface area (Å²) >= 11 is 0. The number of nitrogens with zero attached hydrogens (tertiary/aromatic N) is 1. The number of halogens is 1. The quantitative estimate of drug-likeness (QED) is 0.642. The fraction of sp³-hybridized carbons (Fsp3) is 0.800. The second kappa shape index (κ2) is 4.27. The van der Waals surface area contributed by atoms with Crippen LogP contribution in [0.3, 0.4) is 0 Å². The maximum atomic E-state index is 13.0. The van der Waals surface area contributed by atoms with Crippen molar-refractivity contribution in [1.82, 2.24) is 4.90 Å². The molecule has 0 saturated carbocycles. The molecule has 0 bridgehead atoms. The summed E-state index contributed by atoms with van der Waals surface area (Å²) in [4.78, 5) is 23.1. The summed E-state index contributed by atoms with van der Waals surface area (Å²) in [6, 6.07) is -1.23. The molecule has 1 aliphatic rings. The molecule has 1 fully saturated rings. The number of amides is 1. The van der Waals surface area contributed by atoms with Crippen molar-refractivity contribution in [3.05, 3.63) is 0 Å². The van der Waals surface area contributed by atoms with Crippen LogP contribution in [0.5, 0.6) is 0 Å². The van der Waals surface area contributed by atoms with Crippen molar-refractivity contribution in [2.45, 2.75) is 45.0 Å². The Balaban J connectivity index is 2.71. The fourth-order valence-corrected chi connectivity index (χ4v) is 1.53. The van der Waals surface area contributed by atoms with Gasteiger partial charge < -0.3 is 14.6 Å². The molecule has 1 heterocycles. The zero-order valence-electron chi connectivity index (χ0n) is 9.53. The van der Waals surface area contributed by atoms with Gasteiger partial charge in [0.1, 0.15) is 11.8 Å². The lowest BCUT2D eigenvalue weighted by molar-refractivity contribution is -0.310. The van der Waals surface area contributed by atoms with E-state index >= 15 is 0 Å². The minimum atomic E-state index is -1.45. The second-order valence-electron chi connectivity index (χ2n) is 4.80. The Bertz CT molecular complexity index is 300. The van der Waals surface area contributed by atoms with Gasteiger partial charge in [0.25, 0.3) is 0 Å². The summed E-state index contributed by atoms with van der Waals surface area (Å²) in [5.41, 5.74) is -0.734. The van der Waals surface area contributed by atoms with Crippen LogP contribution in [-0.4, -0.2) is 41.3 Å². The average Bonchev–Trinajstić information content (AvgIpc) is 2.44. The van der Waals surface area contributed by atoms with Gasteiger partial charge in [0, 0.05) is 6.42 Å². The smallest absolute Gasteiger partial charge is 0.410 e. The Morgan fingerprint density at radius 3 is 2.44 bits per heavy atom. The van der Waals surface area contributed by atoms with Crippen molar-refractivity contribution in [3.63, 3.8) is 0 Å². The van der Waals surface area contributed by atoms with Gasteiger partial charge in [0.15, 0.2) is 0 Å². The van der Waals surface area contributed by atoms with Crippen LogP contribution in [-0.2, 0) is 9.53 Å². The van der Waals surface area contributed by atoms with Crippen LogP contribution in [0.2, 0.25) is 0 Å². The molecule has 2 atom stereocenters. The van der Waals surface area contributed by atoms with Crippen LogP contribution in [0.1, 0.15) is 27.2 Å². The number of carbonyl (C=O) groups excluding carboxylic acids is 2. The molecule has 1 saturated heterocycles. The van der Waals surface area contributed by atoms with Crippen LogP contribution < -0.4 is 5.11 Å². The topological polar surface area (TPSA) is 69.7 Å². The Hall–Kier alpha value is -1.33. The number of aliphatic carboxylic acids is 1. The first kappa shape index (κ1) is 12.7. The Kier molecular flexibility index (Phi) is 3.40. The molecule has 0 spiro atoms. The lowest BCUT2D eigenvalue weighted by atomic mass is 10.2. The highest BCUT2D eigenvalue weighted by Gasteiger charge is 2.38. The monoisotopic (exact) mass is 232 g/mol. The Morgan fingerprint density at radius 2 is 2.00 bits per heavy atom. The van der Waals surface area contributed by atoms with Crippen LogP contribution in [0, 0.1) is 0 Å². The second-order valence-corrected chi connectivity index (χ2v) is 4.80. The maximum Gasteiger partial charge on any atom is 0.410 e. The molecule has 1 rings (SSSR count). The number of carbonyl (C=O) groups is 2. The van der Waals surface area contributed by atoms with Crippen molar-refractivity contribution in [1.29, 1.82) is 0 Å². The van der Waals surface area contributed by atoms with Gasteiger partial charge in [0.05, 0.1) is 18.6 Å². The molecule has 6 heteroatoms. The number of hydrogen-bond donors (Lipinski definition) is 0. The van der Waals surface area contributed by atoms with Gasteiger partial charge in [-0.1, -0.05) is 0 Å². The largest absolute Gasteiger partial charge is 0.548 e. The first-order valence-electron chi connectivity index (χ1n) is 5.05. The minimum absolute atomic E-state index is 0.235. The molecule has 1 aliphatic heterocycles. The van der Waals surface area contributed by atoms with E-state index in [1.807, 2.05) is 0 Å². The van der Waals surface area contributed by atoms with Crippen molar-refractivity contribution in [2.75, 3.05) is 6.54 Å². The highest BCUT2D eigenvalue weighted by atomic mass is 19.1. The van der Waals surface area contributed by atoms with E-state index < -0.39 is 29.9 Å². The van der Waals surface area contributed by atoms with E-state index in [1.54, 1.807) is 20.8 Å². The Morgan fingerprint density at radius 1 is 1.44 bits per heavy atom. The number of hydrogen-bond acceptors (Lipinski definition) is 4. The molecule has 5 nitrogen and oxygen atoms in total. The number of rotatable bonds is 1. The molecule has 0 unspecified atom stereocenters. The van der Waals surface area contributed by atoms with E-state index in [4.69, 9.17) is 4.74 Å². The lowest BCUT2D eigenvalue weighted by Gasteiger charge is -2.28. The standard InChI is InChI=1S/C10H16FNO4/c1-10(2,3)16-9(15)12-5-6(11)4-7(12)8(13)14/h6-7H,4-5H2,1-3H3,(H,13,14)/p-1/t6-,7+/m1/s1. The van der Waals surface area contributed by atoms with Crippen molar-refractivity contribution in [2.24, 2.45) is 0 Å². The SMILES string of the molecule is CC(C)(C)OC(=O)N1C[C@H](F)C[C@H]1C(=O)[O-]. The average molecular weight is 232 g/mol. The summed E-state index contributed by atoms with van der Waals surface area (Å²) in [5.74, 6) is -1.45. The first-order valence-corrected chi connectivity index (χ1v) is 5.05. The van der Waals surface area contributed by atoms with Crippen molar-refractivity contribution in [3.8, 4) is 0 Å². The van der Waals surface area contributed by atoms with Gasteiger partial charge in [-0.3, -0.25) is 4.90 Å². The van der Waals surface area contributed by atoms with E-state index in [-0.39, 0.29) is 13.0 Å². The third kappa shape index (κ3) is 3.08. The minimum Gasteiger partial charge on any atom is -0.548 e. The van der Waals surface area contributed by atoms with Crippen LogP contribution in [0.25, 0.3) is 0 Å². The molecule has 1 amide bonds. The summed E-state index contributed by atoms with van der Waals surface area (Å²) in [6.07, 6.45) is -2.39. The molecule has 92 valence electrons. The number of carboxylic acids is 1. The molecular formula is C10H15FNO4-. The molecule has 0 N–H and O–H groups in total. The molecule has 0 aromatic carbocycles. The molecule has 0 aromatic rings. The zero-order chi connectivity index (χ0) is 12.5. The number of likely N-dealkylation sites (tertiary alicyclic amines) is 1. The third-order valence-electron chi connectivity index (χ3n) is 2.15. The summed E-state index contributed by atoms with van der Waals surface area (Å²) < 4.78 is 18.0. The summed E-state index contributed by atoms with van der Waals surface area (Å²) in [5, 5.41) is 10.7. The van der Waals surface area contributed by atoms with Crippen LogP contribution >= 0.6 is 0 Å². The molecule has 0 aliphatic carbocycles. The van der Waals surface area contributed by atoms with E-state index in [0.717, 1.165) is 4.90 Å². The molecule has 0 radical (unpaired) electrons. The fourth-order valence-electron chi connectivity index (χ4n) is 1.53. The predicted octanol–water partition coefficient (Wildman–Crippen LogP) is 0.0838. The van der Waals surface area contributed by atoms with Gasteiger partial charge in [-0.05, 0) is 20.8 Å². The van der Waals surface area contributed by atoms with Gasteiger partial charge >= 0.3 is 6.09 Å². The third-order valence-corrected chi connectivity index (χ3v) is 2.15. The number of alkyl halides is 1. The lowest BCUT2D eigenvalue weighted by Crippen LogP contribution is -2.48. The normalized spacial score (nSPS) is 25.6. The van der Waals surface area contributed by atoms with Gasteiger partial charge in [-0.2, -0.15) is 0 Å². The van der Waals surface area contributed by atoms with E-state index in [2.05, 4.69) is 0 Å². The van der Waals surface area contributed by atoms with Crippen LogP contribution in [0.4, 0.5) is 9.18 Å². The summed E-state index contributed by atoms with van der Waals surface area (Å²) in [6.45, 7) is 4.71. The van der Waals surface area contributed by atoms with Crippen molar-refractivity contribution >= 4 is 12.1 Å². The van der Waals surface area contributed by atoms with Gasteiger partial charge in [-0.15, -0.1) is 0 Å². The van der Waals surface area contributed by atoms with Gasteiger partial charge in [-0.25, -0.2) is 9.18 Å².